The summed E-state index contributed by atoms with van der Waals surface area (Å²) in [5.74, 6) is -0.153. The molecule has 0 saturated carbocycles. The number of hydrogen-bond acceptors (Lipinski definition) is 4. The maximum absolute atomic E-state index is 11.9. The van der Waals surface area contributed by atoms with E-state index in [1.54, 1.807) is 12.1 Å². The van der Waals surface area contributed by atoms with E-state index < -0.39 is 0 Å². The Labute approximate surface area is 87.0 Å². The van der Waals surface area contributed by atoms with Gasteiger partial charge >= 0.3 is 0 Å². The second-order valence-electron chi connectivity index (χ2n) is 3.12. The van der Waals surface area contributed by atoms with Crippen LogP contribution in [0.1, 0.15) is 21.7 Å². The van der Waals surface area contributed by atoms with Crippen molar-refractivity contribution in [2.45, 2.75) is 6.92 Å². The first-order valence-electron chi connectivity index (χ1n) is 4.51. The summed E-state index contributed by atoms with van der Waals surface area (Å²) < 4.78 is 0. The molecule has 0 unspecified atom stereocenters. The molecule has 0 saturated heterocycles. The van der Waals surface area contributed by atoms with Crippen molar-refractivity contribution in [1.82, 2.24) is 15.0 Å². The third-order valence-electron chi connectivity index (χ3n) is 1.94. The van der Waals surface area contributed by atoms with Crippen molar-refractivity contribution in [2.75, 3.05) is 0 Å². The van der Waals surface area contributed by atoms with Gasteiger partial charge in [-0.25, -0.2) is 15.0 Å². The fourth-order valence-corrected chi connectivity index (χ4v) is 1.23. The Morgan fingerprint density at radius 2 is 1.93 bits per heavy atom. The fourth-order valence-electron chi connectivity index (χ4n) is 1.23. The average Bonchev–Trinajstić information content (AvgIpc) is 2.29. The van der Waals surface area contributed by atoms with Gasteiger partial charge in [0.15, 0.2) is 0 Å². The van der Waals surface area contributed by atoms with Gasteiger partial charge in [0.2, 0.25) is 5.78 Å². The van der Waals surface area contributed by atoms with Crippen LogP contribution in [0.2, 0.25) is 0 Å². The molecule has 0 aliphatic heterocycles. The number of aromatic nitrogens is 3. The molecule has 4 heteroatoms. The molecular formula is C11H9N3O. The lowest BCUT2D eigenvalue weighted by molar-refractivity contribution is 0.103. The molecule has 0 radical (unpaired) electrons. The molecule has 0 bridgehead atoms. The van der Waals surface area contributed by atoms with Crippen LogP contribution in [0.4, 0.5) is 0 Å². The molecule has 0 fully saturated rings. The van der Waals surface area contributed by atoms with Crippen LogP contribution in [0.25, 0.3) is 0 Å². The van der Waals surface area contributed by atoms with Crippen molar-refractivity contribution in [3.63, 3.8) is 0 Å². The van der Waals surface area contributed by atoms with E-state index in [1.165, 1.54) is 18.7 Å². The highest BCUT2D eigenvalue weighted by Crippen LogP contribution is 2.05. The largest absolute Gasteiger partial charge is 0.287 e. The molecule has 0 amide bonds. The highest BCUT2D eigenvalue weighted by atomic mass is 16.1. The highest BCUT2D eigenvalue weighted by molar-refractivity contribution is 6.07. The Morgan fingerprint density at radius 3 is 2.60 bits per heavy atom. The average molecular weight is 199 g/mol. The number of aryl methyl sites for hydroxylation is 1. The van der Waals surface area contributed by atoms with Gasteiger partial charge in [0.05, 0.1) is 5.56 Å². The van der Waals surface area contributed by atoms with E-state index in [0.717, 1.165) is 5.69 Å². The zero-order chi connectivity index (χ0) is 10.7. The molecule has 2 heterocycles. The number of hydrogen-bond donors (Lipinski definition) is 0. The highest BCUT2D eigenvalue weighted by Gasteiger charge is 2.10. The Bertz CT molecular complexity index is 482. The monoisotopic (exact) mass is 199 g/mol. The van der Waals surface area contributed by atoms with Gasteiger partial charge in [-0.1, -0.05) is 6.07 Å². The van der Waals surface area contributed by atoms with Crippen molar-refractivity contribution in [1.29, 1.82) is 0 Å². The molecule has 0 aliphatic carbocycles. The fraction of sp³-hybridized carbons (Fsp3) is 0.0909. The van der Waals surface area contributed by atoms with Gasteiger partial charge in [0.1, 0.15) is 12.0 Å². The SMILES string of the molecule is Cc1cccc(C(=O)c2cncnc2)n1. The summed E-state index contributed by atoms with van der Waals surface area (Å²) in [5.41, 5.74) is 1.69. The molecule has 0 aromatic carbocycles. The smallest absolute Gasteiger partial charge is 0.214 e. The van der Waals surface area contributed by atoms with E-state index in [0.29, 0.717) is 11.3 Å². The van der Waals surface area contributed by atoms with Gasteiger partial charge < -0.3 is 0 Å². The predicted octanol–water partition coefficient (Wildman–Crippen LogP) is 1.41. The molecule has 0 aliphatic rings. The van der Waals surface area contributed by atoms with Crippen LogP contribution >= 0.6 is 0 Å². The van der Waals surface area contributed by atoms with Gasteiger partial charge in [-0.3, -0.25) is 4.79 Å². The maximum atomic E-state index is 11.9. The van der Waals surface area contributed by atoms with E-state index in [9.17, 15) is 4.79 Å². The van der Waals surface area contributed by atoms with Crippen LogP contribution < -0.4 is 0 Å². The zero-order valence-corrected chi connectivity index (χ0v) is 8.21. The summed E-state index contributed by atoms with van der Waals surface area (Å²) in [7, 11) is 0. The number of carbonyl (C=O) groups excluding carboxylic acids is 1. The number of rotatable bonds is 2. The molecule has 0 N–H and O–H groups in total. The van der Waals surface area contributed by atoms with E-state index in [-0.39, 0.29) is 5.78 Å². The quantitative estimate of drug-likeness (QED) is 0.686. The Morgan fingerprint density at radius 1 is 1.20 bits per heavy atom. The molecule has 15 heavy (non-hydrogen) atoms. The summed E-state index contributed by atoms with van der Waals surface area (Å²) in [5, 5.41) is 0. The molecule has 2 aromatic rings. The molecule has 4 nitrogen and oxygen atoms in total. The Hall–Kier alpha value is -2.10. The Balaban J connectivity index is 2.37. The summed E-state index contributed by atoms with van der Waals surface area (Å²) in [6.45, 7) is 1.85. The number of pyridine rings is 1. The lowest BCUT2D eigenvalue weighted by Gasteiger charge is -1.99. The molecular weight excluding hydrogens is 190 g/mol. The molecule has 2 rings (SSSR count). The van der Waals surface area contributed by atoms with Crippen LogP contribution in [0.15, 0.2) is 36.9 Å². The first-order chi connectivity index (χ1) is 7.27. The zero-order valence-electron chi connectivity index (χ0n) is 8.21. The van der Waals surface area contributed by atoms with E-state index >= 15 is 0 Å². The van der Waals surface area contributed by atoms with Crippen molar-refractivity contribution < 1.29 is 4.79 Å². The van der Waals surface area contributed by atoms with Gasteiger partial charge in [-0.05, 0) is 19.1 Å². The first kappa shape index (κ1) is 9.45. The summed E-state index contributed by atoms with van der Waals surface area (Å²) in [6.07, 6.45) is 4.36. The van der Waals surface area contributed by atoms with Gasteiger partial charge in [-0.15, -0.1) is 0 Å². The van der Waals surface area contributed by atoms with Crippen LogP contribution in [-0.2, 0) is 0 Å². The van der Waals surface area contributed by atoms with Crippen molar-refractivity contribution in [2.24, 2.45) is 0 Å². The predicted molar refractivity (Wildman–Crippen MR) is 54.4 cm³/mol. The van der Waals surface area contributed by atoms with E-state index in [2.05, 4.69) is 15.0 Å². The van der Waals surface area contributed by atoms with Crippen molar-refractivity contribution in [3.05, 3.63) is 53.9 Å². The summed E-state index contributed by atoms with van der Waals surface area (Å²) in [4.78, 5) is 23.6. The number of carbonyl (C=O) groups is 1. The van der Waals surface area contributed by atoms with Crippen LogP contribution in [-0.4, -0.2) is 20.7 Å². The van der Waals surface area contributed by atoms with E-state index in [1.807, 2.05) is 13.0 Å². The van der Waals surface area contributed by atoms with Crippen LogP contribution in [0.3, 0.4) is 0 Å². The van der Waals surface area contributed by atoms with Crippen LogP contribution in [0.5, 0.6) is 0 Å². The van der Waals surface area contributed by atoms with Gasteiger partial charge in [-0.2, -0.15) is 0 Å². The van der Waals surface area contributed by atoms with Gasteiger partial charge in [0, 0.05) is 18.1 Å². The molecule has 74 valence electrons. The molecule has 0 atom stereocenters. The molecule has 2 aromatic heterocycles. The van der Waals surface area contributed by atoms with Crippen molar-refractivity contribution in [3.8, 4) is 0 Å². The summed E-state index contributed by atoms with van der Waals surface area (Å²) >= 11 is 0. The maximum Gasteiger partial charge on any atom is 0.214 e. The van der Waals surface area contributed by atoms with E-state index in [4.69, 9.17) is 0 Å². The lowest BCUT2D eigenvalue weighted by Crippen LogP contribution is -2.05. The van der Waals surface area contributed by atoms with Crippen LogP contribution in [0, 0.1) is 6.92 Å². The Kier molecular flexibility index (Phi) is 2.49. The second kappa shape index (κ2) is 3.96. The minimum atomic E-state index is -0.153. The third kappa shape index (κ3) is 2.04. The minimum absolute atomic E-state index is 0.153. The number of ketones is 1. The number of nitrogens with zero attached hydrogens (tertiary/aromatic N) is 3. The second-order valence-corrected chi connectivity index (χ2v) is 3.12. The standard InChI is InChI=1S/C11H9N3O/c1-8-3-2-4-10(14-8)11(15)9-5-12-7-13-6-9/h2-7H,1H3. The van der Waals surface area contributed by atoms with Crippen molar-refractivity contribution >= 4 is 5.78 Å². The topological polar surface area (TPSA) is 55.7 Å². The minimum Gasteiger partial charge on any atom is -0.287 e. The molecule has 0 spiro atoms. The first-order valence-corrected chi connectivity index (χ1v) is 4.51. The summed E-state index contributed by atoms with van der Waals surface area (Å²) in [6, 6.07) is 5.33. The third-order valence-corrected chi connectivity index (χ3v) is 1.94. The normalized spacial score (nSPS) is 9.93. The van der Waals surface area contributed by atoms with Gasteiger partial charge in [0.25, 0.3) is 0 Å². The lowest BCUT2D eigenvalue weighted by atomic mass is 10.1.